The Kier molecular flexibility index (Phi) is 7.43. The van der Waals surface area contributed by atoms with Crippen LogP contribution in [-0.2, 0) is 16.1 Å². The highest BCUT2D eigenvalue weighted by Crippen LogP contribution is 2.43. The van der Waals surface area contributed by atoms with Crippen LogP contribution in [-0.4, -0.2) is 91.1 Å². The molecule has 2 N–H and O–H groups in total. The third-order valence-corrected chi connectivity index (χ3v) is 7.80. The van der Waals surface area contributed by atoms with Crippen molar-refractivity contribution in [3.05, 3.63) is 30.1 Å². The van der Waals surface area contributed by atoms with Crippen molar-refractivity contribution in [1.29, 1.82) is 0 Å². The maximum Gasteiger partial charge on any atom is 0.290 e. The molecule has 2 aliphatic carbocycles. The number of aromatic nitrogens is 5. The fourth-order valence-electron chi connectivity index (χ4n) is 5.81. The summed E-state index contributed by atoms with van der Waals surface area (Å²) < 4.78 is 8.54. The summed E-state index contributed by atoms with van der Waals surface area (Å²) >= 11 is 0. The largest absolute Gasteiger partial charge is 0.483 e. The van der Waals surface area contributed by atoms with Crippen molar-refractivity contribution in [2.75, 3.05) is 32.8 Å². The van der Waals surface area contributed by atoms with E-state index in [0.29, 0.717) is 17.7 Å². The first kappa shape index (κ1) is 23.9. The number of rotatable bonds is 7. The minimum Gasteiger partial charge on any atom is -0.483 e. The lowest BCUT2D eigenvalue weighted by Crippen LogP contribution is -2.38. The molecule has 2 saturated heterocycles. The molecule has 2 aromatic heterocycles. The Bertz CT molecular complexity index is 970. The first-order valence-electron chi connectivity index (χ1n) is 12.8. The number of nitrogens with one attached hydrogen (secondary N) is 1. The van der Waals surface area contributed by atoms with E-state index < -0.39 is 0 Å². The average Bonchev–Trinajstić information content (AvgIpc) is 3.36. The van der Waals surface area contributed by atoms with Crippen LogP contribution < -0.4 is 0 Å². The second-order valence-electron chi connectivity index (χ2n) is 10.3. The predicted molar refractivity (Wildman–Crippen MR) is 125 cm³/mol. The lowest BCUT2D eigenvalue weighted by molar-refractivity contribution is -0.122. The van der Waals surface area contributed by atoms with Crippen molar-refractivity contribution in [3.63, 3.8) is 0 Å². The van der Waals surface area contributed by atoms with Gasteiger partial charge in [-0.3, -0.25) is 14.5 Å². The highest BCUT2D eigenvalue weighted by atomic mass is 16.5. The third kappa shape index (κ3) is 5.72. The topological polar surface area (TPSA) is 129 Å². The third-order valence-electron chi connectivity index (χ3n) is 7.80. The fraction of sp³-hybridized carbons (Fsp3) is 0.708. The highest BCUT2D eigenvalue weighted by molar-refractivity contribution is 5.90. The molecular formula is C24H35N7O4. The van der Waals surface area contributed by atoms with Gasteiger partial charge in [0.2, 0.25) is 0 Å². The van der Waals surface area contributed by atoms with Gasteiger partial charge in [0.15, 0.2) is 5.82 Å². The van der Waals surface area contributed by atoms with E-state index in [4.69, 9.17) is 14.6 Å². The molecule has 35 heavy (non-hydrogen) atoms. The number of ether oxygens (including phenoxy) is 1. The van der Waals surface area contributed by atoms with Crippen LogP contribution in [0.5, 0.6) is 0 Å². The van der Waals surface area contributed by atoms with Crippen molar-refractivity contribution in [2.45, 2.75) is 57.2 Å². The number of hydrogen-bond acceptors (Lipinski definition) is 7. The van der Waals surface area contributed by atoms with Crippen molar-refractivity contribution in [3.8, 4) is 0 Å². The number of hydrogen-bond donors (Lipinski definition) is 2. The zero-order valence-corrected chi connectivity index (χ0v) is 20.0. The van der Waals surface area contributed by atoms with Crippen molar-refractivity contribution < 1.29 is 19.4 Å². The minimum atomic E-state index is -0.250. The van der Waals surface area contributed by atoms with Gasteiger partial charge in [-0.25, -0.2) is 9.67 Å². The molecule has 11 nitrogen and oxygen atoms in total. The molecule has 0 radical (unpaired) electrons. The van der Waals surface area contributed by atoms with Crippen LogP contribution in [0.3, 0.4) is 0 Å². The summed E-state index contributed by atoms with van der Waals surface area (Å²) in [5.74, 6) is 2.11. The molecule has 0 spiro atoms. The van der Waals surface area contributed by atoms with Crippen molar-refractivity contribution in [2.24, 2.45) is 17.8 Å². The van der Waals surface area contributed by atoms with Crippen LogP contribution in [0.15, 0.2) is 18.6 Å². The van der Waals surface area contributed by atoms with Gasteiger partial charge < -0.3 is 19.7 Å². The maximum atomic E-state index is 12.8. The van der Waals surface area contributed by atoms with Gasteiger partial charge in [0, 0.05) is 38.6 Å². The van der Waals surface area contributed by atoms with Gasteiger partial charge in [-0.15, -0.1) is 5.10 Å². The molecule has 2 aromatic rings. The number of carbonyl (C=O) groups is 2. The molecule has 190 valence electrons. The van der Waals surface area contributed by atoms with Gasteiger partial charge in [0.25, 0.3) is 12.4 Å². The Labute approximate surface area is 204 Å². The van der Waals surface area contributed by atoms with Crippen LogP contribution in [0.2, 0.25) is 0 Å². The van der Waals surface area contributed by atoms with E-state index in [1.807, 2.05) is 4.90 Å². The summed E-state index contributed by atoms with van der Waals surface area (Å²) in [6.07, 6.45) is 12.7. The van der Waals surface area contributed by atoms with Crippen molar-refractivity contribution >= 4 is 12.4 Å². The summed E-state index contributed by atoms with van der Waals surface area (Å²) in [6, 6.07) is 0.188. The molecule has 2 saturated carbocycles. The van der Waals surface area contributed by atoms with Crippen LogP contribution in [0.25, 0.3) is 0 Å². The number of likely N-dealkylation sites (tertiary alicyclic amines) is 2. The molecule has 2 aliphatic heterocycles. The smallest absolute Gasteiger partial charge is 0.290 e. The average molecular weight is 486 g/mol. The Morgan fingerprint density at radius 2 is 1.94 bits per heavy atom. The zero-order chi connectivity index (χ0) is 24.2. The number of imidazole rings is 1. The first-order valence-corrected chi connectivity index (χ1v) is 12.8. The fourth-order valence-corrected chi connectivity index (χ4v) is 5.81. The standard InChI is InChI=1S/C23H33N7O2.CH2O2/c31-23(22-24-5-6-25-22)29-11-17-9-20(21(10-18(17)12-29)32-15-16-3-4-16)30-14-19(26-27-30)13-28-7-1-2-8-28;2-1-3/h5-6,14,16-18,20-21H,1-4,7-13,15H2,(H,24,25);1H,(H,2,3)/t17-,18+,20-,21-;/m1./s1. The van der Waals surface area contributed by atoms with Crippen LogP contribution in [0.4, 0.5) is 0 Å². The summed E-state index contributed by atoms with van der Waals surface area (Å²) in [4.78, 5) is 32.7. The van der Waals surface area contributed by atoms with Crippen molar-refractivity contribution in [1.82, 2.24) is 34.8 Å². The van der Waals surface area contributed by atoms with E-state index >= 15 is 0 Å². The van der Waals surface area contributed by atoms with E-state index in [2.05, 4.69) is 36.1 Å². The van der Waals surface area contributed by atoms with Gasteiger partial charge >= 0.3 is 0 Å². The minimum absolute atomic E-state index is 0.00468. The normalized spacial score (nSPS) is 28.4. The summed E-state index contributed by atoms with van der Waals surface area (Å²) in [7, 11) is 0. The van der Waals surface area contributed by atoms with Gasteiger partial charge in [-0.1, -0.05) is 5.21 Å². The van der Waals surface area contributed by atoms with E-state index in [9.17, 15) is 4.79 Å². The van der Waals surface area contributed by atoms with Gasteiger partial charge in [-0.05, 0) is 69.4 Å². The molecule has 4 atom stereocenters. The lowest BCUT2D eigenvalue weighted by Gasteiger charge is -2.37. The first-order chi connectivity index (χ1) is 17.1. The molecule has 4 aliphatic rings. The number of amides is 1. The van der Waals surface area contributed by atoms with E-state index in [1.54, 1.807) is 12.4 Å². The molecule has 1 amide bonds. The molecular weight excluding hydrogens is 450 g/mol. The molecule has 0 aromatic carbocycles. The van der Waals surface area contributed by atoms with E-state index in [1.165, 1.54) is 25.7 Å². The molecule has 4 fully saturated rings. The number of H-pyrrole nitrogens is 1. The van der Waals surface area contributed by atoms with E-state index in [0.717, 1.165) is 63.8 Å². The molecule has 11 heteroatoms. The van der Waals surface area contributed by atoms with Crippen LogP contribution in [0, 0.1) is 17.8 Å². The number of nitrogens with zero attached hydrogens (tertiary/aromatic N) is 6. The Morgan fingerprint density at radius 1 is 1.20 bits per heavy atom. The Balaban J connectivity index is 0.000000806. The Hall–Kier alpha value is -2.79. The molecule has 0 unspecified atom stereocenters. The zero-order valence-electron chi connectivity index (χ0n) is 20.0. The SMILES string of the molecule is O=C(c1ncc[nH]1)N1C[C@H]2C[C@@H](n3cc(CN4CCCC4)nn3)[C@H](OCC3CC3)C[C@H]2C1.O=CO. The molecule has 0 bridgehead atoms. The number of carbonyl (C=O) groups excluding carboxylic acids is 1. The molecule has 4 heterocycles. The second kappa shape index (κ2) is 10.9. The number of aromatic amines is 1. The van der Waals surface area contributed by atoms with Crippen LogP contribution in [0.1, 0.15) is 60.9 Å². The van der Waals surface area contributed by atoms with Gasteiger partial charge in [-0.2, -0.15) is 0 Å². The monoisotopic (exact) mass is 485 g/mol. The lowest BCUT2D eigenvalue weighted by atomic mass is 9.77. The second-order valence-corrected chi connectivity index (χ2v) is 10.3. The summed E-state index contributed by atoms with van der Waals surface area (Å²) in [5.41, 5.74) is 1.05. The number of carboxylic acid groups (broad SMARTS) is 1. The maximum absolute atomic E-state index is 12.8. The Morgan fingerprint density at radius 3 is 2.63 bits per heavy atom. The summed E-state index contributed by atoms with van der Waals surface area (Å²) in [6.45, 7) is 5.38. The highest BCUT2D eigenvalue weighted by Gasteiger charge is 2.45. The van der Waals surface area contributed by atoms with Crippen LogP contribution >= 0.6 is 0 Å². The number of fused-ring (bicyclic) bond motifs is 1. The van der Waals surface area contributed by atoms with Gasteiger partial charge in [0.05, 0.1) is 24.0 Å². The quantitative estimate of drug-likeness (QED) is 0.568. The summed E-state index contributed by atoms with van der Waals surface area (Å²) in [5, 5.41) is 15.9. The predicted octanol–water partition coefficient (Wildman–Crippen LogP) is 1.82. The molecule has 6 rings (SSSR count). The van der Waals surface area contributed by atoms with E-state index in [-0.39, 0.29) is 24.5 Å². The van der Waals surface area contributed by atoms with Gasteiger partial charge in [0.1, 0.15) is 0 Å².